The number of halogens is 2. The van der Waals surface area contributed by atoms with Crippen LogP contribution in [-0.4, -0.2) is 52.9 Å². The van der Waals surface area contributed by atoms with Crippen molar-refractivity contribution in [2.24, 2.45) is 0 Å². The molecule has 26 heavy (non-hydrogen) atoms. The summed E-state index contributed by atoms with van der Waals surface area (Å²) in [4.78, 5) is 51.5. The van der Waals surface area contributed by atoms with Gasteiger partial charge in [-0.3, -0.25) is 19.3 Å². The second kappa shape index (κ2) is 8.81. The largest absolute Gasteiger partial charge is 0.453 e. The van der Waals surface area contributed by atoms with E-state index < -0.39 is 24.0 Å². The van der Waals surface area contributed by atoms with E-state index in [-0.39, 0.29) is 42.7 Å². The number of rotatable bonds is 7. The maximum atomic E-state index is 12.0. The molecular formula is C15H16Cl2N4O5. The second-order valence-electron chi connectivity index (χ2n) is 5.41. The second-order valence-corrected chi connectivity index (χ2v) is 6.26. The van der Waals surface area contributed by atoms with Crippen molar-refractivity contribution in [3.05, 3.63) is 22.3 Å². The van der Waals surface area contributed by atoms with Crippen LogP contribution in [0, 0.1) is 0 Å². The lowest BCUT2D eigenvalue weighted by molar-refractivity contribution is -0.153. The predicted molar refractivity (Wildman–Crippen MR) is 92.8 cm³/mol. The minimum atomic E-state index is -1.08. The Bertz CT molecular complexity index is 727. The molecular weight excluding hydrogens is 387 g/mol. The first-order valence-electron chi connectivity index (χ1n) is 7.67. The van der Waals surface area contributed by atoms with Crippen LogP contribution in [0.25, 0.3) is 0 Å². The van der Waals surface area contributed by atoms with Crippen molar-refractivity contribution in [3.8, 4) is 0 Å². The molecule has 2 N–H and O–H groups in total. The monoisotopic (exact) mass is 402 g/mol. The molecule has 1 aliphatic heterocycles. The summed E-state index contributed by atoms with van der Waals surface area (Å²) in [7, 11) is 0. The van der Waals surface area contributed by atoms with Gasteiger partial charge < -0.3 is 15.4 Å². The van der Waals surface area contributed by atoms with Gasteiger partial charge in [-0.15, -0.1) is 0 Å². The summed E-state index contributed by atoms with van der Waals surface area (Å²) in [6.07, 6.45) is 0.425. The molecule has 2 heterocycles. The number of pyridine rings is 1. The normalized spacial score (nSPS) is 14.8. The third-order valence-electron chi connectivity index (χ3n) is 3.43. The van der Waals surface area contributed by atoms with Gasteiger partial charge in [0.25, 0.3) is 5.91 Å². The van der Waals surface area contributed by atoms with Crippen molar-refractivity contribution in [2.75, 3.05) is 18.4 Å². The fourth-order valence-electron chi connectivity index (χ4n) is 2.10. The van der Waals surface area contributed by atoms with Crippen molar-refractivity contribution in [1.29, 1.82) is 0 Å². The molecule has 1 aromatic heterocycles. The number of anilines is 1. The number of hydrogen-bond donors (Lipinski definition) is 2. The third kappa shape index (κ3) is 5.30. The number of ether oxygens (including phenoxy) is 1. The van der Waals surface area contributed by atoms with Crippen molar-refractivity contribution in [3.63, 3.8) is 0 Å². The van der Waals surface area contributed by atoms with E-state index in [0.717, 1.165) is 4.90 Å². The maximum absolute atomic E-state index is 12.0. The van der Waals surface area contributed by atoms with E-state index in [9.17, 15) is 19.2 Å². The highest BCUT2D eigenvalue weighted by Gasteiger charge is 2.28. The number of imide groups is 1. The van der Waals surface area contributed by atoms with Crippen LogP contribution in [0.3, 0.4) is 0 Å². The Morgan fingerprint density at radius 2 is 2.15 bits per heavy atom. The molecule has 11 heteroatoms. The highest BCUT2D eigenvalue weighted by atomic mass is 35.5. The third-order valence-corrected chi connectivity index (χ3v) is 3.92. The number of carbonyl (C=O) groups is 4. The number of amides is 4. The number of urea groups is 1. The summed E-state index contributed by atoms with van der Waals surface area (Å²) < 4.78 is 5.01. The number of aromatic nitrogens is 1. The number of esters is 1. The maximum Gasteiger partial charge on any atom is 0.324 e. The van der Waals surface area contributed by atoms with Gasteiger partial charge in [0.2, 0.25) is 5.91 Å². The molecule has 0 saturated carbocycles. The fourth-order valence-corrected chi connectivity index (χ4v) is 2.52. The van der Waals surface area contributed by atoms with Crippen LogP contribution in [0.4, 0.5) is 10.6 Å². The first-order valence-corrected chi connectivity index (χ1v) is 8.43. The van der Waals surface area contributed by atoms with Crippen LogP contribution in [0.15, 0.2) is 12.3 Å². The average Bonchev–Trinajstić information content (AvgIpc) is 2.89. The molecule has 2 rings (SSSR count). The summed E-state index contributed by atoms with van der Waals surface area (Å²) in [6, 6.07) is 0.932. The average molecular weight is 403 g/mol. The molecule has 1 aliphatic rings. The molecule has 0 spiro atoms. The van der Waals surface area contributed by atoms with Gasteiger partial charge in [-0.05, 0) is 19.4 Å². The van der Waals surface area contributed by atoms with Crippen LogP contribution < -0.4 is 10.6 Å². The summed E-state index contributed by atoms with van der Waals surface area (Å²) in [6.45, 7) is 1.46. The first-order chi connectivity index (χ1) is 12.3. The Hall–Kier alpha value is -2.39. The van der Waals surface area contributed by atoms with Crippen molar-refractivity contribution < 1.29 is 23.9 Å². The van der Waals surface area contributed by atoms with E-state index >= 15 is 0 Å². The molecule has 1 fully saturated rings. The Labute approximate surface area is 159 Å². The van der Waals surface area contributed by atoms with Crippen LogP contribution in [0.5, 0.6) is 0 Å². The molecule has 9 nitrogen and oxygen atoms in total. The lowest BCUT2D eigenvalue weighted by atomic mass is 10.3. The number of carbonyl (C=O) groups excluding carboxylic acids is 4. The Morgan fingerprint density at radius 3 is 2.77 bits per heavy atom. The smallest absolute Gasteiger partial charge is 0.324 e. The van der Waals surface area contributed by atoms with Crippen molar-refractivity contribution >= 4 is 52.8 Å². The van der Waals surface area contributed by atoms with Gasteiger partial charge in [0.1, 0.15) is 0 Å². The van der Waals surface area contributed by atoms with Gasteiger partial charge >= 0.3 is 12.0 Å². The molecule has 4 amide bonds. The topological polar surface area (TPSA) is 118 Å². The van der Waals surface area contributed by atoms with Gasteiger partial charge in [-0.2, -0.15) is 0 Å². The Balaban J connectivity index is 1.76. The van der Waals surface area contributed by atoms with Crippen molar-refractivity contribution in [2.45, 2.75) is 25.9 Å². The molecule has 140 valence electrons. The van der Waals surface area contributed by atoms with E-state index in [1.54, 1.807) is 0 Å². The van der Waals surface area contributed by atoms with E-state index in [0.29, 0.717) is 5.02 Å². The van der Waals surface area contributed by atoms with Crippen LogP contribution in [-0.2, 0) is 19.1 Å². The highest BCUT2D eigenvalue weighted by Crippen LogP contribution is 2.22. The molecule has 0 unspecified atom stereocenters. The SMILES string of the molecule is C[C@H](OC(=O)CCCN1C(=O)CNC1=O)C(=O)Nc1ncc(Cl)cc1Cl. The minimum Gasteiger partial charge on any atom is -0.453 e. The van der Waals surface area contributed by atoms with E-state index in [1.807, 2.05) is 0 Å². The van der Waals surface area contributed by atoms with Crippen LogP contribution >= 0.6 is 23.2 Å². The summed E-state index contributed by atoms with van der Waals surface area (Å²) in [5.41, 5.74) is 0. The molecule has 1 aromatic rings. The van der Waals surface area contributed by atoms with Gasteiger partial charge in [0.15, 0.2) is 11.9 Å². The van der Waals surface area contributed by atoms with Crippen LogP contribution in [0.2, 0.25) is 10.0 Å². The van der Waals surface area contributed by atoms with Crippen LogP contribution in [0.1, 0.15) is 19.8 Å². The number of nitrogens with one attached hydrogen (secondary N) is 2. The molecule has 0 aromatic carbocycles. The predicted octanol–water partition coefficient (Wildman–Crippen LogP) is 1.59. The van der Waals surface area contributed by atoms with E-state index in [1.165, 1.54) is 19.2 Å². The number of hydrogen-bond acceptors (Lipinski definition) is 6. The van der Waals surface area contributed by atoms with Crippen molar-refractivity contribution in [1.82, 2.24) is 15.2 Å². The summed E-state index contributed by atoms with van der Waals surface area (Å²) in [5.74, 6) is -1.48. The molecule has 1 atom stereocenters. The number of nitrogens with zero attached hydrogens (tertiary/aromatic N) is 2. The quantitative estimate of drug-likeness (QED) is 0.528. The highest BCUT2D eigenvalue weighted by molar-refractivity contribution is 6.36. The van der Waals surface area contributed by atoms with E-state index in [4.69, 9.17) is 27.9 Å². The zero-order valence-corrected chi connectivity index (χ0v) is 15.3. The zero-order chi connectivity index (χ0) is 19.3. The lowest BCUT2D eigenvalue weighted by Gasteiger charge is -2.15. The molecule has 0 bridgehead atoms. The summed E-state index contributed by atoms with van der Waals surface area (Å²) in [5, 5.41) is 5.28. The Kier molecular flexibility index (Phi) is 6.76. The zero-order valence-electron chi connectivity index (χ0n) is 13.8. The fraction of sp³-hybridized carbons (Fsp3) is 0.400. The molecule has 0 aliphatic carbocycles. The lowest BCUT2D eigenvalue weighted by Crippen LogP contribution is -2.33. The molecule has 0 radical (unpaired) electrons. The van der Waals surface area contributed by atoms with E-state index in [2.05, 4.69) is 15.6 Å². The van der Waals surface area contributed by atoms with Gasteiger partial charge in [0.05, 0.1) is 16.6 Å². The minimum absolute atomic E-state index is 0.0399. The van der Waals surface area contributed by atoms with Gasteiger partial charge in [-0.25, -0.2) is 9.78 Å². The molecule has 1 saturated heterocycles. The van der Waals surface area contributed by atoms with Gasteiger partial charge in [-0.1, -0.05) is 23.2 Å². The summed E-state index contributed by atoms with van der Waals surface area (Å²) >= 11 is 11.6. The van der Waals surface area contributed by atoms with Gasteiger partial charge in [0, 0.05) is 19.2 Å². The first kappa shape index (κ1) is 19.9. The Morgan fingerprint density at radius 1 is 1.42 bits per heavy atom. The standard InChI is InChI=1S/C15H16Cl2N4O5/c1-8(14(24)20-13-10(17)5-9(16)6-18-13)26-12(23)3-2-4-21-11(22)7-19-15(21)25/h5-6,8H,2-4,7H2,1H3,(H,19,25)(H,18,20,24)/t8-/m0/s1.